The molecule has 16 heavy (non-hydrogen) atoms. The van der Waals surface area contributed by atoms with Gasteiger partial charge in [-0.2, -0.15) is 0 Å². The second kappa shape index (κ2) is 3.70. The van der Waals surface area contributed by atoms with Crippen LogP contribution in [0.5, 0.6) is 0 Å². The molecular formula is C12H17N3O. The molecule has 0 amide bonds. The lowest BCUT2D eigenvalue weighted by molar-refractivity contribution is 0.125. The number of hydrogen-bond acceptors (Lipinski definition) is 4. The standard InChI is InChI=1S/C12H17N3O/c1-8-6-13-12(14-7-8)15-9-2-3-10(15)5-11(16)4-9/h6-7,9-11,16H,2-5H2,1H3. The van der Waals surface area contributed by atoms with Crippen molar-refractivity contribution in [3.05, 3.63) is 18.0 Å². The second-order valence-corrected chi connectivity index (χ2v) is 4.98. The van der Waals surface area contributed by atoms with Crippen LogP contribution < -0.4 is 4.90 Å². The van der Waals surface area contributed by atoms with Gasteiger partial charge in [0.05, 0.1) is 6.10 Å². The number of aliphatic hydroxyl groups excluding tert-OH is 1. The SMILES string of the molecule is Cc1cnc(N2C3CCC2CC(O)C3)nc1. The molecule has 4 nitrogen and oxygen atoms in total. The highest BCUT2D eigenvalue weighted by molar-refractivity contribution is 5.37. The smallest absolute Gasteiger partial charge is 0.225 e. The number of aryl methyl sites for hydroxylation is 1. The molecule has 0 radical (unpaired) electrons. The number of rotatable bonds is 1. The largest absolute Gasteiger partial charge is 0.393 e. The summed E-state index contributed by atoms with van der Waals surface area (Å²) in [6, 6.07) is 0.882. The van der Waals surface area contributed by atoms with E-state index in [-0.39, 0.29) is 6.10 Å². The first-order valence-corrected chi connectivity index (χ1v) is 5.99. The zero-order chi connectivity index (χ0) is 11.1. The predicted octanol–water partition coefficient (Wildman–Crippen LogP) is 1.28. The zero-order valence-corrected chi connectivity index (χ0v) is 9.50. The van der Waals surface area contributed by atoms with Crippen molar-refractivity contribution in [3.63, 3.8) is 0 Å². The van der Waals surface area contributed by atoms with Gasteiger partial charge in [-0.1, -0.05) is 0 Å². The van der Waals surface area contributed by atoms with Crippen LogP contribution in [0.25, 0.3) is 0 Å². The van der Waals surface area contributed by atoms with Gasteiger partial charge in [0, 0.05) is 24.5 Å². The van der Waals surface area contributed by atoms with Gasteiger partial charge in [-0.05, 0) is 38.2 Å². The lowest BCUT2D eigenvalue weighted by atomic mass is 10.0. The lowest BCUT2D eigenvalue weighted by Gasteiger charge is -2.37. The molecule has 2 aliphatic rings. The van der Waals surface area contributed by atoms with E-state index in [2.05, 4.69) is 14.9 Å². The molecule has 0 aliphatic carbocycles. The zero-order valence-electron chi connectivity index (χ0n) is 9.50. The van der Waals surface area contributed by atoms with Crippen LogP contribution in [0.15, 0.2) is 12.4 Å². The van der Waals surface area contributed by atoms with Crippen LogP contribution in [-0.4, -0.2) is 33.3 Å². The Labute approximate surface area is 95.3 Å². The van der Waals surface area contributed by atoms with E-state index >= 15 is 0 Å². The first-order valence-electron chi connectivity index (χ1n) is 5.99. The summed E-state index contributed by atoms with van der Waals surface area (Å²) in [5.41, 5.74) is 1.09. The Balaban J connectivity index is 1.88. The van der Waals surface area contributed by atoms with Crippen LogP contribution in [0.3, 0.4) is 0 Å². The van der Waals surface area contributed by atoms with Crippen molar-refractivity contribution in [2.75, 3.05) is 4.90 Å². The van der Waals surface area contributed by atoms with Crippen molar-refractivity contribution in [2.45, 2.75) is 50.8 Å². The van der Waals surface area contributed by atoms with Gasteiger partial charge in [-0.3, -0.25) is 0 Å². The molecule has 1 N–H and O–H groups in total. The minimum absolute atomic E-state index is 0.126. The molecular weight excluding hydrogens is 202 g/mol. The van der Waals surface area contributed by atoms with Crippen molar-refractivity contribution in [1.29, 1.82) is 0 Å². The first-order chi connectivity index (χ1) is 7.74. The molecule has 4 heteroatoms. The molecule has 2 saturated heterocycles. The molecule has 0 aromatic carbocycles. The Kier molecular flexibility index (Phi) is 2.32. The van der Waals surface area contributed by atoms with Crippen LogP contribution in [0.1, 0.15) is 31.2 Å². The molecule has 2 atom stereocenters. The Morgan fingerprint density at radius 2 is 1.75 bits per heavy atom. The van der Waals surface area contributed by atoms with Gasteiger partial charge in [0.15, 0.2) is 0 Å². The highest BCUT2D eigenvalue weighted by atomic mass is 16.3. The molecule has 1 aromatic heterocycles. The lowest BCUT2D eigenvalue weighted by Crippen LogP contribution is -2.45. The normalized spacial score (nSPS) is 33.1. The van der Waals surface area contributed by atoms with Crippen molar-refractivity contribution in [3.8, 4) is 0 Å². The number of aliphatic hydroxyl groups is 1. The molecule has 2 aliphatic heterocycles. The minimum atomic E-state index is -0.126. The maximum absolute atomic E-state index is 9.73. The summed E-state index contributed by atoms with van der Waals surface area (Å²) in [4.78, 5) is 11.1. The summed E-state index contributed by atoms with van der Waals surface area (Å²) >= 11 is 0. The third-order valence-corrected chi connectivity index (χ3v) is 3.71. The van der Waals surface area contributed by atoms with E-state index in [4.69, 9.17) is 0 Å². The quantitative estimate of drug-likeness (QED) is 0.773. The molecule has 1 aromatic rings. The van der Waals surface area contributed by atoms with Crippen molar-refractivity contribution in [1.82, 2.24) is 9.97 Å². The van der Waals surface area contributed by atoms with Crippen molar-refractivity contribution < 1.29 is 5.11 Å². The van der Waals surface area contributed by atoms with E-state index in [1.807, 2.05) is 19.3 Å². The summed E-state index contributed by atoms with van der Waals surface area (Å²) in [5.74, 6) is 0.838. The summed E-state index contributed by atoms with van der Waals surface area (Å²) in [6.45, 7) is 2.00. The van der Waals surface area contributed by atoms with E-state index in [9.17, 15) is 5.11 Å². The maximum Gasteiger partial charge on any atom is 0.225 e. The predicted molar refractivity (Wildman–Crippen MR) is 61.3 cm³/mol. The molecule has 2 fully saturated rings. The van der Waals surface area contributed by atoms with Gasteiger partial charge < -0.3 is 10.0 Å². The van der Waals surface area contributed by atoms with E-state index < -0.39 is 0 Å². The average molecular weight is 219 g/mol. The third kappa shape index (κ3) is 1.57. The molecule has 2 unspecified atom stereocenters. The molecule has 2 bridgehead atoms. The fourth-order valence-corrected chi connectivity index (χ4v) is 2.99. The second-order valence-electron chi connectivity index (χ2n) is 4.98. The van der Waals surface area contributed by atoms with Gasteiger partial charge in [0.2, 0.25) is 5.95 Å². The van der Waals surface area contributed by atoms with Crippen LogP contribution >= 0.6 is 0 Å². The topological polar surface area (TPSA) is 49.2 Å². The van der Waals surface area contributed by atoms with Crippen molar-refractivity contribution >= 4 is 5.95 Å². The minimum Gasteiger partial charge on any atom is -0.393 e. The number of anilines is 1. The van der Waals surface area contributed by atoms with E-state index in [1.54, 1.807) is 0 Å². The van der Waals surface area contributed by atoms with Gasteiger partial charge in [0.1, 0.15) is 0 Å². The summed E-state index contributed by atoms with van der Waals surface area (Å²) < 4.78 is 0. The summed E-state index contributed by atoms with van der Waals surface area (Å²) in [5, 5.41) is 9.73. The third-order valence-electron chi connectivity index (χ3n) is 3.71. The number of aromatic nitrogens is 2. The van der Waals surface area contributed by atoms with Crippen LogP contribution in [-0.2, 0) is 0 Å². The number of piperidine rings is 1. The van der Waals surface area contributed by atoms with E-state index in [1.165, 1.54) is 12.8 Å². The Morgan fingerprint density at radius 3 is 2.31 bits per heavy atom. The molecule has 3 heterocycles. The Morgan fingerprint density at radius 1 is 1.19 bits per heavy atom. The number of nitrogens with zero attached hydrogens (tertiary/aromatic N) is 3. The highest BCUT2D eigenvalue weighted by Crippen LogP contribution is 2.37. The van der Waals surface area contributed by atoms with Crippen LogP contribution in [0.4, 0.5) is 5.95 Å². The van der Waals surface area contributed by atoms with Crippen molar-refractivity contribution in [2.24, 2.45) is 0 Å². The number of fused-ring (bicyclic) bond motifs is 2. The van der Waals surface area contributed by atoms with Gasteiger partial charge in [-0.25, -0.2) is 9.97 Å². The maximum atomic E-state index is 9.73. The average Bonchev–Trinajstić information content (AvgIpc) is 2.54. The summed E-state index contributed by atoms with van der Waals surface area (Å²) in [6.07, 6.45) is 7.68. The molecule has 0 saturated carbocycles. The molecule has 86 valence electrons. The van der Waals surface area contributed by atoms with Gasteiger partial charge in [0.25, 0.3) is 0 Å². The van der Waals surface area contributed by atoms with Gasteiger partial charge in [-0.15, -0.1) is 0 Å². The van der Waals surface area contributed by atoms with Crippen LogP contribution in [0.2, 0.25) is 0 Å². The van der Waals surface area contributed by atoms with Gasteiger partial charge >= 0.3 is 0 Å². The Bertz CT molecular complexity index is 364. The number of hydrogen-bond donors (Lipinski definition) is 1. The molecule has 3 rings (SSSR count). The first kappa shape index (κ1) is 10.0. The Hall–Kier alpha value is -1.16. The van der Waals surface area contributed by atoms with E-state index in [0.717, 1.165) is 24.4 Å². The fraction of sp³-hybridized carbons (Fsp3) is 0.667. The highest BCUT2D eigenvalue weighted by Gasteiger charge is 2.41. The summed E-state index contributed by atoms with van der Waals surface area (Å²) in [7, 11) is 0. The monoisotopic (exact) mass is 219 g/mol. The van der Waals surface area contributed by atoms with Crippen LogP contribution in [0, 0.1) is 6.92 Å². The van der Waals surface area contributed by atoms with E-state index in [0.29, 0.717) is 12.1 Å². The molecule has 0 spiro atoms. The fourth-order valence-electron chi connectivity index (χ4n) is 2.99.